The number of thiazole rings is 1. The van der Waals surface area contributed by atoms with Crippen molar-refractivity contribution in [3.8, 4) is 27.8 Å². The molecule has 0 atom stereocenters. The first kappa shape index (κ1) is 25.1. The number of amides is 1. The van der Waals surface area contributed by atoms with E-state index in [1.807, 2.05) is 45.0 Å². The molecule has 0 aliphatic carbocycles. The van der Waals surface area contributed by atoms with Crippen LogP contribution in [0.25, 0.3) is 20.8 Å². The fourth-order valence-corrected chi connectivity index (χ4v) is 5.08. The predicted octanol–water partition coefficient (Wildman–Crippen LogP) is 7.72. The zero-order valence-corrected chi connectivity index (χ0v) is 21.8. The zero-order valence-electron chi connectivity index (χ0n) is 19.5. The number of nitrogens with zero attached hydrogens (tertiary/aromatic N) is 1. The fourth-order valence-electron chi connectivity index (χ4n) is 3.51. The smallest absolute Gasteiger partial charge is 0.255 e. The van der Waals surface area contributed by atoms with E-state index >= 15 is 0 Å². The SMILES string of the molecule is CCOc1cc(C(=O)Nc2cc(-c3nc4ccccc4s3)c(Cl)cc2Cl)cc(OCC)c1OCC. The van der Waals surface area contributed by atoms with Crippen LogP contribution in [-0.2, 0) is 0 Å². The van der Waals surface area contributed by atoms with Crippen LogP contribution in [-0.4, -0.2) is 30.7 Å². The number of rotatable bonds is 9. The molecule has 9 heteroatoms. The van der Waals surface area contributed by atoms with Gasteiger partial charge in [0.05, 0.1) is 45.8 Å². The number of aromatic nitrogens is 1. The zero-order chi connectivity index (χ0) is 24.9. The second-order valence-corrected chi connectivity index (χ2v) is 9.20. The molecule has 0 saturated heterocycles. The number of hydrogen-bond donors (Lipinski definition) is 1. The van der Waals surface area contributed by atoms with Crippen LogP contribution in [0.5, 0.6) is 17.2 Å². The molecule has 6 nitrogen and oxygen atoms in total. The van der Waals surface area contributed by atoms with Gasteiger partial charge in [-0.25, -0.2) is 4.98 Å². The van der Waals surface area contributed by atoms with Crippen LogP contribution in [0.15, 0.2) is 48.5 Å². The van der Waals surface area contributed by atoms with Crippen molar-refractivity contribution in [3.63, 3.8) is 0 Å². The third-order valence-corrected chi connectivity index (χ3v) is 6.70. The molecule has 0 fully saturated rings. The van der Waals surface area contributed by atoms with Crippen molar-refractivity contribution in [2.75, 3.05) is 25.1 Å². The Balaban J connectivity index is 1.69. The minimum Gasteiger partial charge on any atom is -0.490 e. The Hall–Kier alpha value is -3.00. The Morgan fingerprint density at radius 2 is 1.57 bits per heavy atom. The monoisotopic (exact) mass is 530 g/mol. The highest BCUT2D eigenvalue weighted by Gasteiger charge is 2.20. The number of nitrogens with one attached hydrogen (secondary N) is 1. The first-order valence-electron chi connectivity index (χ1n) is 11.2. The summed E-state index contributed by atoms with van der Waals surface area (Å²) in [5.41, 5.74) is 2.32. The van der Waals surface area contributed by atoms with E-state index < -0.39 is 0 Å². The van der Waals surface area contributed by atoms with Gasteiger partial charge in [0.15, 0.2) is 11.5 Å². The van der Waals surface area contributed by atoms with Crippen molar-refractivity contribution < 1.29 is 19.0 Å². The lowest BCUT2D eigenvalue weighted by Gasteiger charge is -2.17. The molecular formula is C26H24Cl2N2O4S. The van der Waals surface area contributed by atoms with E-state index in [9.17, 15) is 4.79 Å². The van der Waals surface area contributed by atoms with Crippen LogP contribution in [0.3, 0.4) is 0 Å². The highest BCUT2D eigenvalue weighted by molar-refractivity contribution is 7.21. The maximum Gasteiger partial charge on any atom is 0.255 e. The van der Waals surface area contributed by atoms with Gasteiger partial charge in [0, 0.05) is 11.1 Å². The summed E-state index contributed by atoms with van der Waals surface area (Å²) in [6, 6.07) is 14.4. The summed E-state index contributed by atoms with van der Waals surface area (Å²) in [4.78, 5) is 17.9. The lowest BCUT2D eigenvalue weighted by molar-refractivity contribution is 0.102. The van der Waals surface area contributed by atoms with E-state index in [1.54, 1.807) is 24.3 Å². The lowest BCUT2D eigenvalue weighted by atomic mass is 10.1. The van der Waals surface area contributed by atoms with Gasteiger partial charge in [0.1, 0.15) is 5.01 Å². The van der Waals surface area contributed by atoms with Gasteiger partial charge in [-0.15, -0.1) is 11.3 Å². The second-order valence-electron chi connectivity index (χ2n) is 7.35. The standard InChI is InChI=1S/C26H24Cl2N2O4S/c1-4-32-21-11-15(12-22(33-5-2)24(21)34-6-3)25(31)29-20-13-16(17(27)14-18(20)28)26-30-19-9-7-8-10-23(19)35-26/h7-14H,4-6H2,1-3H3,(H,29,31). The molecule has 3 aromatic carbocycles. The number of carbonyl (C=O) groups is 1. The van der Waals surface area contributed by atoms with Crippen molar-refractivity contribution >= 4 is 56.3 Å². The normalized spacial score (nSPS) is 10.9. The summed E-state index contributed by atoms with van der Waals surface area (Å²) in [5.74, 6) is 0.954. The largest absolute Gasteiger partial charge is 0.490 e. The number of halogens is 2. The minimum atomic E-state index is -0.380. The molecular weight excluding hydrogens is 507 g/mol. The summed E-state index contributed by atoms with van der Waals surface area (Å²) in [7, 11) is 0. The van der Waals surface area contributed by atoms with Crippen molar-refractivity contribution in [3.05, 3.63) is 64.1 Å². The van der Waals surface area contributed by atoms with Gasteiger partial charge in [-0.05, 0) is 57.2 Å². The van der Waals surface area contributed by atoms with E-state index in [0.29, 0.717) is 63.9 Å². The van der Waals surface area contributed by atoms with E-state index in [1.165, 1.54) is 11.3 Å². The van der Waals surface area contributed by atoms with Gasteiger partial charge in [-0.1, -0.05) is 35.3 Å². The summed E-state index contributed by atoms with van der Waals surface area (Å²) in [6.45, 7) is 6.84. The second kappa shape index (κ2) is 11.2. The van der Waals surface area contributed by atoms with Crippen LogP contribution in [0.1, 0.15) is 31.1 Å². The maximum absolute atomic E-state index is 13.3. The molecule has 0 aliphatic heterocycles. The molecule has 1 amide bonds. The lowest BCUT2D eigenvalue weighted by Crippen LogP contribution is -2.14. The van der Waals surface area contributed by atoms with Crippen LogP contribution in [0, 0.1) is 0 Å². The van der Waals surface area contributed by atoms with E-state index in [4.69, 9.17) is 37.4 Å². The van der Waals surface area contributed by atoms with Gasteiger partial charge in [-0.3, -0.25) is 4.79 Å². The van der Waals surface area contributed by atoms with E-state index in [0.717, 1.165) is 15.2 Å². The minimum absolute atomic E-state index is 0.314. The highest BCUT2D eigenvalue weighted by Crippen LogP contribution is 2.41. The van der Waals surface area contributed by atoms with Gasteiger partial charge >= 0.3 is 0 Å². The molecule has 1 heterocycles. The van der Waals surface area contributed by atoms with Crippen LogP contribution in [0.4, 0.5) is 5.69 Å². The molecule has 0 spiro atoms. The molecule has 1 N–H and O–H groups in total. The molecule has 35 heavy (non-hydrogen) atoms. The highest BCUT2D eigenvalue weighted by atomic mass is 35.5. The summed E-state index contributed by atoms with van der Waals surface area (Å²) < 4.78 is 18.2. The molecule has 0 bridgehead atoms. The number of carbonyl (C=O) groups excluding carboxylic acids is 1. The Morgan fingerprint density at radius 1 is 0.914 bits per heavy atom. The van der Waals surface area contributed by atoms with E-state index in [-0.39, 0.29) is 5.91 Å². The van der Waals surface area contributed by atoms with Gasteiger partial charge in [-0.2, -0.15) is 0 Å². The molecule has 1 aromatic heterocycles. The average Bonchev–Trinajstić information content (AvgIpc) is 3.27. The molecule has 4 aromatic rings. The quantitative estimate of drug-likeness (QED) is 0.240. The molecule has 0 radical (unpaired) electrons. The third-order valence-electron chi connectivity index (χ3n) is 5.00. The molecule has 182 valence electrons. The first-order valence-corrected chi connectivity index (χ1v) is 12.7. The van der Waals surface area contributed by atoms with Crippen molar-refractivity contribution in [2.45, 2.75) is 20.8 Å². The predicted molar refractivity (Wildman–Crippen MR) is 143 cm³/mol. The van der Waals surface area contributed by atoms with Crippen LogP contribution >= 0.6 is 34.5 Å². The number of para-hydroxylation sites is 1. The number of benzene rings is 3. The molecule has 0 saturated carbocycles. The first-order chi connectivity index (χ1) is 16.9. The number of hydrogen-bond acceptors (Lipinski definition) is 6. The fraction of sp³-hybridized carbons (Fsp3) is 0.231. The van der Waals surface area contributed by atoms with Gasteiger partial charge in [0.2, 0.25) is 5.75 Å². The third kappa shape index (κ3) is 5.48. The topological polar surface area (TPSA) is 69.7 Å². The summed E-state index contributed by atoms with van der Waals surface area (Å²) in [5, 5.41) is 4.38. The number of fused-ring (bicyclic) bond motifs is 1. The molecule has 0 unspecified atom stereocenters. The Morgan fingerprint density at radius 3 is 2.20 bits per heavy atom. The van der Waals surface area contributed by atoms with Crippen molar-refractivity contribution in [2.24, 2.45) is 0 Å². The van der Waals surface area contributed by atoms with E-state index in [2.05, 4.69) is 10.3 Å². The number of ether oxygens (including phenoxy) is 3. The van der Waals surface area contributed by atoms with Crippen molar-refractivity contribution in [1.29, 1.82) is 0 Å². The maximum atomic E-state index is 13.3. The summed E-state index contributed by atoms with van der Waals surface area (Å²) in [6.07, 6.45) is 0. The van der Waals surface area contributed by atoms with Crippen LogP contribution in [0.2, 0.25) is 10.0 Å². The van der Waals surface area contributed by atoms with Crippen LogP contribution < -0.4 is 19.5 Å². The van der Waals surface area contributed by atoms with Gasteiger partial charge < -0.3 is 19.5 Å². The Kier molecular flexibility index (Phi) is 8.00. The average molecular weight is 531 g/mol. The Labute approximate surface area is 217 Å². The molecule has 4 rings (SSSR count). The summed E-state index contributed by atoms with van der Waals surface area (Å²) >= 11 is 14.5. The van der Waals surface area contributed by atoms with Crippen molar-refractivity contribution in [1.82, 2.24) is 4.98 Å². The number of anilines is 1. The van der Waals surface area contributed by atoms with Gasteiger partial charge in [0.25, 0.3) is 5.91 Å². The Bertz CT molecular complexity index is 1310. The molecule has 0 aliphatic rings.